The minimum Gasteiger partial charge on any atom is -0.450 e. The van der Waals surface area contributed by atoms with Crippen LogP contribution in [-0.2, 0) is 19.2 Å². The molecule has 4 atom stereocenters. The van der Waals surface area contributed by atoms with Crippen molar-refractivity contribution in [1.82, 2.24) is 15.1 Å². The van der Waals surface area contributed by atoms with Crippen LogP contribution < -0.4 is 5.32 Å². The Kier molecular flexibility index (Phi) is 4.50. The Bertz CT molecular complexity index is 1060. The monoisotopic (exact) mass is 440 g/mol. The largest absolute Gasteiger partial charge is 0.450 e. The molecule has 32 heavy (non-hydrogen) atoms. The molecule has 0 spiro atoms. The first-order valence-corrected chi connectivity index (χ1v) is 11.3. The van der Waals surface area contributed by atoms with Gasteiger partial charge in [0.25, 0.3) is 5.78 Å². The Hall–Kier alpha value is -2.94. The van der Waals surface area contributed by atoms with Crippen LogP contribution in [0, 0.1) is 11.8 Å². The highest BCUT2D eigenvalue weighted by atomic mass is 19.1. The predicted octanol–water partition coefficient (Wildman–Crippen LogP) is 1.74. The van der Waals surface area contributed by atoms with Gasteiger partial charge in [-0.1, -0.05) is 18.2 Å². The van der Waals surface area contributed by atoms with Gasteiger partial charge < -0.3 is 24.7 Å². The summed E-state index contributed by atoms with van der Waals surface area (Å²) in [5.74, 6) is -1.34. The molecule has 2 aliphatic carbocycles. The van der Waals surface area contributed by atoms with E-state index in [-0.39, 0.29) is 23.9 Å². The summed E-state index contributed by atoms with van der Waals surface area (Å²) in [6, 6.07) is -0.464. The molecule has 6 aliphatic rings. The first-order chi connectivity index (χ1) is 15.6. The molecule has 6 rings (SSSR count). The molecule has 8 nitrogen and oxygen atoms in total. The zero-order valence-electron chi connectivity index (χ0n) is 17.8. The molecule has 0 aromatic heterocycles. The zero-order valence-corrected chi connectivity index (χ0v) is 17.8. The first kappa shape index (κ1) is 19.7. The van der Waals surface area contributed by atoms with Crippen molar-refractivity contribution in [3.63, 3.8) is 0 Å². The molecule has 168 valence electrons. The number of oxime groups is 1. The summed E-state index contributed by atoms with van der Waals surface area (Å²) in [6.45, 7) is 5.41. The smallest absolute Gasteiger partial charge is 0.265 e. The number of allylic oxidation sites excluding steroid dienone is 3. The number of hydrogen-bond acceptors (Lipinski definition) is 8. The first-order valence-electron chi connectivity index (χ1n) is 11.3. The van der Waals surface area contributed by atoms with Gasteiger partial charge in [0, 0.05) is 31.0 Å². The summed E-state index contributed by atoms with van der Waals surface area (Å²) in [7, 11) is 0. The van der Waals surface area contributed by atoms with E-state index in [1.54, 1.807) is 6.21 Å². The second-order valence-electron chi connectivity index (χ2n) is 9.06. The van der Waals surface area contributed by atoms with Crippen molar-refractivity contribution in [2.24, 2.45) is 17.0 Å². The van der Waals surface area contributed by atoms with Crippen molar-refractivity contribution < 1.29 is 23.6 Å². The van der Waals surface area contributed by atoms with Crippen molar-refractivity contribution in [2.75, 3.05) is 26.2 Å². The molecule has 1 N–H and O–H groups in total. The van der Waals surface area contributed by atoms with E-state index >= 15 is 4.39 Å². The van der Waals surface area contributed by atoms with E-state index in [0.717, 1.165) is 38.2 Å². The van der Waals surface area contributed by atoms with E-state index in [4.69, 9.17) is 9.57 Å². The van der Waals surface area contributed by atoms with Crippen molar-refractivity contribution >= 4 is 17.8 Å². The number of rotatable bonds is 4. The SMILES string of the molecule is CCNCC1CCN(C2=CC3C=C4C=NOC4N4C5=C(OC(=C2F)C34)C(=O)C(=O)CC5)C1. The van der Waals surface area contributed by atoms with Crippen LogP contribution in [0.15, 0.2) is 51.6 Å². The second-order valence-corrected chi connectivity index (χ2v) is 9.06. The Balaban J connectivity index is 1.42. The Morgan fingerprint density at radius 2 is 2.16 bits per heavy atom. The summed E-state index contributed by atoms with van der Waals surface area (Å²) in [5, 5.41) is 7.33. The van der Waals surface area contributed by atoms with Gasteiger partial charge in [0.05, 0.1) is 17.6 Å². The lowest BCUT2D eigenvalue weighted by Gasteiger charge is -2.49. The maximum Gasteiger partial charge on any atom is 0.265 e. The molecular weight excluding hydrogens is 415 g/mol. The van der Waals surface area contributed by atoms with E-state index < -0.39 is 29.7 Å². The highest BCUT2D eigenvalue weighted by molar-refractivity contribution is 6.43. The predicted molar refractivity (Wildman–Crippen MR) is 112 cm³/mol. The second kappa shape index (κ2) is 7.30. The van der Waals surface area contributed by atoms with Crippen LogP contribution in [0.5, 0.6) is 0 Å². The molecule has 0 aromatic carbocycles. The summed E-state index contributed by atoms with van der Waals surface area (Å²) in [5.41, 5.74) is 1.98. The topological polar surface area (TPSA) is 83.5 Å². The number of ether oxygens (including phenoxy) is 1. The standard InChI is InChI=1S/C23H25FN4O4/c1-2-25-9-12-5-6-27(11-12)16-8-13-7-14-10-26-32-23(14)28-15-3-4-17(29)20(30)21(15)31-22(18(16)24)19(13)28/h7-8,10,12-13,19,23,25H,2-6,9,11H2,1H3. The summed E-state index contributed by atoms with van der Waals surface area (Å²) in [6.07, 6.45) is 6.60. The Morgan fingerprint density at radius 3 is 3.00 bits per heavy atom. The molecule has 4 aliphatic heterocycles. The third kappa shape index (κ3) is 2.80. The quantitative estimate of drug-likeness (QED) is 0.667. The number of ketones is 2. The van der Waals surface area contributed by atoms with Gasteiger partial charge in [-0.3, -0.25) is 9.59 Å². The lowest BCUT2D eigenvalue weighted by Crippen LogP contribution is -2.56. The summed E-state index contributed by atoms with van der Waals surface area (Å²) >= 11 is 0. The molecule has 9 heteroatoms. The van der Waals surface area contributed by atoms with Crippen molar-refractivity contribution in [3.8, 4) is 0 Å². The fourth-order valence-corrected chi connectivity index (χ4v) is 5.61. The molecule has 0 saturated carbocycles. The minimum atomic E-state index is -0.695. The summed E-state index contributed by atoms with van der Waals surface area (Å²) < 4.78 is 21.9. The maximum atomic E-state index is 15.9. The van der Waals surface area contributed by atoms with Crippen LogP contribution in [-0.4, -0.2) is 66.0 Å². The van der Waals surface area contributed by atoms with E-state index in [1.807, 2.05) is 17.1 Å². The van der Waals surface area contributed by atoms with Crippen molar-refractivity contribution in [2.45, 2.75) is 38.5 Å². The molecule has 4 unspecified atom stereocenters. The van der Waals surface area contributed by atoms with E-state index in [2.05, 4.69) is 22.3 Å². The minimum absolute atomic E-state index is 0.0640. The van der Waals surface area contributed by atoms with Crippen LogP contribution in [0.2, 0.25) is 0 Å². The molecule has 0 amide bonds. The highest BCUT2D eigenvalue weighted by Crippen LogP contribution is 2.49. The van der Waals surface area contributed by atoms with Crippen LogP contribution in [0.4, 0.5) is 4.39 Å². The van der Waals surface area contributed by atoms with E-state index in [0.29, 0.717) is 23.7 Å². The fourth-order valence-electron chi connectivity index (χ4n) is 5.61. The summed E-state index contributed by atoms with van der Waals surface area (Å²) in [4.78, 5) is 34.3. The van der Waals surface area contributed by atoms with Crippen molar-refractivity contribution in [1.29, 1.82) is 0 Å². The molecule has 0 aromatic rings. The number of hydrogen-bond donors (Lipinski definition) is 1. The van der Waals surface area contributed by atoms with Crippen molar-refractivity contribution in [3.05, 3.63) is 46.5 Å². The normalized spacial score (nSPS) is 32.9. The lowest BCUT2D eigenvalue weighted by atomic mass is 9.81. The number of nitrogens with one attached hydrogen (secondary N) is 1. The highest BCUT2D eigenvalue weighted by Gasteiger charge is 2.53. The molecular formula is C23H25FN4O4. The van der Waals surface area contributed by atoms with Gasteiger partial charge in [0.1, 0.15) is 6.04 Å². The van der Waals surface area contributed by atoms with Crippen LogP contribution in [0.1, 0.15) is 26.2 Å². The number of nitrogens with zero attached hydrogens (tertiary/aromatic N) is 3. The van der Waals surface area contributed by atoms with Gasteiger partial charge in [0.2, 0.25) is 12.0 Å². The number of carbonyl (C=O) groups is 2. The van der Waals surface area contributed by atoms with Gasteiger partial charge in [-0.05, 0) is 37.9 Å². The van der Waals surface area contributed by atoms with Gasteiger partial charge in [0.15, 0.2) is 17.3 Å². The van der Waals surface area contributed by atoms with Gasteiger partial charge in [-0.25, -0.2) is 4.39 Å². The molecule has 0 bridgehead atoms. The number of halogens is 1. The molecule has 1 saturated heterocycles. The van der Waals surface area contributed by atoms with E-state index in [9.17, 15) is 9.59 Å². The van der Waals surface area contributed by atoms with Crippen LogP contribution in [0.25, 0.3) is 0 Å². The van der Waals surface area contributed by atoms with Gasteiger partial charge in [-0.2, -0.15) is 0 Å². The zero-order chi connectivity index (χ0) is 22.0. The number of Topliss-reactive ketones (excluding diaryl/α,β-unsaturated/α-hetero) is 2. The number of fused-ring (bicyclic) bond motifs is 3. The third-order valence-electron chi connectivity index (χ3n) is 7.15. The molecule has 4 heterocycles. The molecule has 1 fully saturated rings. The Labute approximate surface area is 185 Å². The van der Waals surface area contributed by atoms with Gasteiger partial charge in [-0.15, -0.1) is 0 Å². The maximum absolute atomic E-state index is 15.9. The Morgan fingerprint density at radius 1 is 1.28 bits per heavy atom. The number of carbonyl (C=O) groups excluding carboxylic acids is 2. The fraction of sp³-hybridized carbons (Fsp3) is 0.522. The average Bonchev–Trinajstić information content (AvgIpc) is 3.46. The third-order valence-corrected chi connectivity index (χ3v) is 7.15. The van der Waals surface area contributed by atoms with E-state index in [1.165, 1.54) is 0 Å². The van der Waals surface area contributed by atoms with Crippen LogP contribution >= 0.6 is 0 Å². The van der Waals surface area contributed by atoms with Crippen LogP contribution in [0.3, 0.4) is 0 Å². The molecule has 0 radical (unpaired) electrons. The average molecular weight is 440 g/mol. The lowest BCUT2D eigenvalue weighted by molar-refractivity contribution is -0.138. The van der Waals surface area contributed by atoms with Gasteiger partial charge >= 0.3 is 0 Å². The number of likely N-dealkylation sites (tertiary alicyclic amines) is 1.